The molecule has 0 saturated carbocycles. The minimum atomic E-state index is 0.223. The lowest BCUT2D eigenvalue weighted by Gasteiger charge is -2.12. The van der Waals surface area contributed by atoms with E-state index >= 15 is 0 Å². The molecule has 72 valence electrons. The molecule has 0 heterocycles. The van der Waals surface area contributed by atoms with Crippen LogP contribution in [-0.4, -0.2) is 6.10 Å². The Morgan fingerprint density at radius 3 is 2.54 bits per heavy atom. The molecule has 0 fully saturated rings. The number of hydrogen-bond acceptors (Lipinski definition) is 1. The van der Waals surface area contributed by atoms with Crippen LogP contribution in [0.1, 0.15) is 25.0 Å². The molecule has 1 nitrogen and oxygen atoms in total. The van der Waals surface area contributed by atoms with Crippen LogP contribution in [-0.2, 0) is 5.88 Å². The zero-order valence-corrected chi connectivity index (χ0v) is 9.06. The van der Waals surface area contributed by atoms with Crippen molar-refractivity contribution in [3.63, 3.8) is 0 Å². The van der Waals surface area contributed by atoms with Gasteiger partial charge in [0, 0.05) is 5.88 Å². The first-order chi connectivity index (χ1) is 6.13. The van der Waals surface area contributed by atoms with E-state index in [1.54, 1.807) is 0 Å². The van der Waals surface area contributed by atoms with Crippen molar-refractivity contribution in [2.24, 2.45) is 0 Å². The van der Waals surface area contributed by atoms with Gasteiger partial charge in [-0.25, -0.2) is 0 Å². The van der Waals surface area contributed by atoms with Crippen LogP contribution < -0.4 is 4.74 Å². The van der Waals surface area contributed by atoms with Crippen molar-refractivity contribution in [3.05, 3.63) is 29.3 Å². The summed E-state index contributed by atoms with van der Waals surface area (Å²) >= 11 is 5.72. The second-order valence-corrected chi connectivity index (χ2v) is 3.67. The van der Waals surface area contributed by atoms with Gasteiger partial charge in [-0.2, -0.15) is 0 Å². The molecule has 0 radical (unpaired) electrons. The number of hydrogen-bond donors (Lipinski definition) is 0. The molecule has 0 saturated heterocycles. The van der Waals surface area contributed by atoms with Crippen LogP contribution in [0.25, 0.3) is 0 Å². The Hall–Kier alpha value is -0.690. The maximum Gasteiger partial charge on any atom is 0.122 e. The van der Waals surface area contributed by atoms with Crippen LogP contribution in [0.15, 0.2) is 18.2 Å². The molecule has 0 N–H and O–H groups in total. The summed E-state index contributed by atoms with van der Waals surface area (Å²) in [6.07, 6.45) is 0.223. The van der Waals surface area contributed by atoms with Crippen molar-refractivity contribution in [3.8, 4) is 5.75 Å². The number of alkyl halides is 1. The van der Waals surface area contributed by atoms with Crippen molar-refractivity contribution < 1.29 is 4.74 Å². The van der Waals surface area contributed by atoms with Crippen LogP contribution in [0.4, 0.5) is 0 Å². The summed E-state index contributed by atoms with van der Waals surface area (Å²) in [5.41, 5.74) is 2.28. The monoisotopic (exact) mass is 198 g/mol. The van der Waals surface area contributed by atoms with Crippen LogP contribution in [0.3, 0.4) is 0 Å². The maximum atomic E-state index is 5.72. The van der Waals surface area contributed by atoms with Gasteiger partial charge in [0.05, 0.1) is 6.10 Å². The van der Waals surface area contributed by atoms with E-state index in [9.17, 15) is 0 Å². The fraction of sp³-hybridized carbons (Fsp3) is 0.455. The average Bonchev–Trinajstić information content (AvgIpc) is 2.08. The van der Waals surface area contributed by atoms with E-state index in [-0.39, 0.29) is 6.10 Å². The third kappa shape index (κ3) is 2.92. The zero-order chi connectivity index (χ0) is 9.84. The van der Waals surface area contributed by atoms with Gasteiger partial charge in [-0.05, 0) is 38.0 Å². The highest BCUT2D eigenvalue weighted by atomic mass is 35.5. The highest BCUT2D eigenvalue weighted by molar-refractivity contribution is 6.17. The van der Waals surface area contributed by atoms with Crippen molar-refractivity contribution in [2.45, 2.75) is 32.8 Å². The van der Waals surface area contributed by atoms with Gasteiger partial charge in [-0.15, -0.1) is 11.6 Å². The zero-order valence-electron chi connectivity index (χ0n) is 8.30. The van der Waals surface area contributed by atoms with Crippen molar-refractivity contribution in [2.75, 3.05) is 0 Å². The predicted molar refractivity (Wildman–Crippen MR) is 56.5 cm³/mol. The summed E-state index contributed by atoms with van der Waals surface area (Å²) < 4.78 is 5.60. The number of rotatable bonds is 3. The Balaban J connectivity index is 2.85. The Kier molecular flexibility index (Phi) is 3.61. The van der Waals surface area contributed by atoms with Gasteiger partial charge in [0.2, 0.25) is 0 Å². The third-order valence-electron chi connectivity index (χ3n) is 1.76. The van der Waals surface area contributed by atoms with Crippen LogP contribution in [0.2, 0.25) is 0 Å². The van der Waals surface area contributed by atoms with E-state index < -0.39 is 0 Å². The largest absolute Gasteiger partial charge is 0.491 e. The highest BCUT2D eigenvalue weighted by Crippen LogP contribution is 2.20. The molecule has 0 aliphatic heterocycles. The Morgan fingerprint density at radius 1 is 1.38 bits per heavy atom. The van der Waals surface area contributed by atoms with Gasteiger partial charge in [0.1, 0.15) is 5.75 Å². The van der Waals surface area contributed by atoms with Crippen molar-refractivity contribution >= 4 is 11.6 Å². The molecule has 0 aliphatic carbocycles. The summed E-state index contributed by atoms with van der Waals surface area (Å²) in [6, 6.07) is 6.04. The van der Waals surface area contributed by atoms with Gasteiger partial charge in [0.15, 0.2) is 0 Å². The third-order valence-corrected chi connectivity index (χ3v) is 2.06. The van der Waals surface area contributed by atoms with Gasteiger partial charge in [0.25, 0.3) is 0 Å². The minimum Gasteiger partial charge on any atom is -0.491 e. The highest BCUT2D eigenvalue weighted by Gasteiger charge is 2.02. The molecule has 0 aromatic heterocycles. The van der Waals surface area contributed by atoms with Gasteiger partial charge >= 0.3 is 0 Å². The number of ether oxygens (including phenoxy) is 1. The van der Waals surface area contributed by atoms with E-state index in [0.29, 0.717) is 5.88 Å². The Bertz CT molecular complexity index is 281. The SMILES string of the molecule is Cc1cc(CCl)ccc1OC(C)C. The molecule has 13 heavy (non-hydrogen) atoms. The molecule has 1 rings (SSSR count). The molecule has 0 aliphatic rings. The summed E-state index contributed by atoms with van der Waals surface area (Å²) in [5, 5.41) is 0. The van der Waals surface area contributed by atoms with E-state index in [1.807, 2.05) is 32.9 Å². The molecule has 0 unspecified atom stereocenters. The maximum absolute atomic E-state index is 5.72. The van der Waals surface area contributed by atoms with Crippen molar-refractivity contribution in [1.82, 2.24) is 0 Å². The topological polar surface area (TPSA) is 9.23 Å². The Morgan fingerprint density at radius 2 is 2.08 bits per heavy atom. The predicted octanol–water partition coefficient (Wildman–Crippen LogP) is 3.52. The normalized spacial score (nSPS) is 10.5. The minimum absolute atomic E-state index is 0.223. The molecule has 0 spiro atoms. The molecule has 2 heteroatoms. The summed E-state index contributed by atoms with van der Waals surface area (Å²) in [7, 11) is 0. The van der Waals surface area contributed by atoms with E-state index in [2.05, 4.69) is 6.07 Å². The molecule has 1 aromatic rings. The summed E-state index contributed by atoms with van der Waals surface area (Å²) in [6.45, 7) is 6.08. The van der Waals surface area contributed by atoms with Crippen LogP contribution in [0.5, 0.6) is 5.75 Å². The average molecular weight is 199 g/mol. The molecule has 0 atom stereocenters. The fourth-order valence-electron chi connectivity index (χ4n) is 1.18. The Labute approximate surface area is 84.7 Å². The lowest BCUT2D eigenvalue weighted by molar-refractivity contribution is 0.240. The van der Waals surface area contributed by atoms with Gasteiger partial charge in [-0.3, -0.25) is 0 Å². The van der Waals surface area contributed by atoms with E-state index in [4.69, 9.17) is 16.3 Å². The molecule has 0 bridgehead atoms. The van der Waals surface area contributed by atoms with Crippen molar-refractivity contribution in [1.29, 1.82) is 0 Å². The first-order valence-electron chi connectivity index (χ1n) is 4.45. The quantitative estimate of drug-likeness (QED) is 0.676. The summed E-state index contributed by atoms with van der Waals surface area (Å²) in [5.74, 6) is 1.51. The lowest BCUT2D eigenvalue weighted by atomic mass is 10.1. The fourth-order valence-corrected chi connectivity index (χ4v) is 1.35. The molecular formula is C11H15ClO. The summed E-state index contributed by atoms with van der Waals surface area (Å²) in [4.78, 5) is 0. The molecule has 1 aromatic carbocycles. The number of halogens is 1. The first kappa shape index (κ1) is 10.4. The standard InChI is InChI=1S/C11H15ClO/c1-8(2)13-11-5-4-10(7-12)6-9(11)3/h4-6,8H,7H2,1-3H3. The number of aryl methyl sites for hydroxylation is 1. The van der Waals surface area contributed by atoms with Gasteiger partial charge in [-0.1, -0.05) is 12.1 Å². The molecule has 0 amide bonds. The van der Waals surface area contributed by atoms with Crippen LogP contribution in [0, 0.1) is 6.92 Å². The second kappa shape index (κ2) is 4.52. The first-order valence-corrected chi connectivity index (χ1v) is 4.99. The number of benzene rings is 1. The van der Waals surface area contributed by atoms with Crippen LogP contribution >= 0.6 is 11.6 Å². The van der Waals surface area contributed by atoms with E-state index in [1.165, 1.54) is 0 Å². The second-order valence-electron chi connectivity index (χ2n) is 3.40. The van der Waals surface area contributed by atoms with E-state index in [0.717, 1.165) is 16.9 Å². The lowest BCUT2D eigenvalue weighted by Crippen LogP contribution is -2.06. The smallest absolute Gasteiger partial charge is 0.122 e. The van der Waals surface area contributed by atoms with Gasteiger partial charge < -0.3 is 4.74 Å². The molecular weight excluding hydrogens is 184 g/mol.